The average Bonchev–Trinajstić information content (AvgIpc) is 3.47. The SMILES string of the molecule is CCc1cccc(CNCC(C(N)Cc2cc(F)cc(F)c2)[C@@H]2CCC(=O)N2Cc2cccs2)c1. The number of hydrogen-bond acceptors (Lipinski definition) is 4. The number of likely N-dealkylation sites (tertiary alicyclic amines) is 1. The predicted molar refractivity (Wildman–Crippen MR) is 137 cm³/mol. The zero-order chi connectivity index (χ0) is 24.8. The lowest BCUT2D eigenvalue weighted by Crippen LogP contribution is -2.50. The molecule has 2 aromatic carbocycles. The Morgan fingerprint density at radius 3 is 2.57 bits per heavy atom. The molecule has 3 atom stereocenters. The molecule has 1 amide bonds. The minimum Gasteiger partial charge on any atom is -0.334 e. The van der Waals surface area contributed by atoms with Crippen molar-refractivity contribution < 1.29 is 13.6 Å². The summed E-state index contributed by atoms with van der Waals surface area (Å²) < 4.78 is 27.6. The van der Waals surface area contributed by atoms with Crippen molar-refractivity contribution in [1.82, 2.24) is 10.2 Å². The van der Waals surface area contributed by atoms with Crippen molar-refractivity contribution in [3.63, 3.8) is 0 Å². The quantitative estimate of drug-likeness (QED) is 0.390. The van der Waals surface area contributed by atoms with Crippen LogP contribution in [0.25, 0.3) is 0 Å². The van der Waals surface area contributed by atoms with Crippen molar-refractivity contribution >= 4 is 17.2 Å². The van der Waals surface area contributed by atoms with Crippen molar-refractivity contribution in [2.75, 3.05) is 6.54 Å². The largest absolute Gasteiger partial charge is 0.334 e. The number of benzene rings is 2. The molecule has 3 N–H and O–H groups in total. The number of carbonyl (C=O) groups is 1. The highest BCUT2D eigenvalue weighted by Gasteiger charge is 2.39. The third-order valence-corrected chi connectivity index (χ3v) is 7.69. The van der Waals surface area contributed by atoms with Gasteiger partial charge in [0, 0.05) is 48.5 Å². The molecule has 1 aromatic heterocycles. The standard InChI is InChI=1S/C28H33F2N3OS/c1-2-19-5-3-6-20(11-19)16-32-17-25(26(31)14-21-12-22(29)15-23(30)13-21)27-8-9-28(34)33(27)18-24-7-4-10-35-24/h3-7,10-13,15,25-27,32H,2,8-9,14,16-18,31H2,1H3/t25?,26?,27-/m0/s1. The number of aryl methyl sites for hydroxylation is 1. The third kappa shape index (κ3) is 6.75. The van der Waals surface area contributed by atoms with Gasteiger partial charge in [-0.15, -0.1) is 11.3 Å². The molecule has 1 aliphatic rings. The van der Waals surface area contributed by atoms with E-state index in [2.05, 4.69) is 36.5 Å². The van der Waals surface area contributed by atoms with Gasteiger partial charge in [0.05, 0.1) is 6.54 Å². The Labute approximate surface area is 210 Å². The second-order valence-electron chi connectivity index (χ2n) is 9.32. The molecule has 4 rings (SSSR count). The minimum atomic E-state index is -0.604. The fourth-order valence-electron chi connectivity index (χ4n) is 5.04. The highest BCUT2D eigenvalue weighted by Crippen LogP contribution is 2.30. The Bertz CT molecular complexity index is 1100. The maximum Gasteiger partial charge on any atom is 0.223 e. The van der Waals surface area contributed by atoms with Crippen LogP contribution in [0.3, 0.4) is 0 Å². The molecule has 35 heavy (non-hydrogen) atoms. The van der Waals surface area contributed by atoms with Gasteiger partial charge in [-0.1, -0.05) is 37.3 Å². The molecule has 3 aromatic rings. The van der Waals surface area contributed by atoms with E-state index >= 15 is 0 Å². The van der Waals surface area contributed by atoms with E-state index in [1.807, 2.05) is 22.4 Å². The number of nitrogens with one attached hydrogen (secondary N) is 1. The summed E-state index contributed by atoms with van der Waals surface area (Å²) >= 11 is 1.63. The molecule has 1 aliphatic heterocycles. The number of thiophene rings is 1. The molecule has 186 valence electrons. The molecule has 2 heterocycles. The lowest BCUT2D eigenvalue weighted by Gasteiger charge is -2.35. The van der Waals surface area contributed by atoms with E-state index in [0.717, 1.165) is 23.8 Å². The van der Waals surface area contributed by atoms with E-state index in [1.54, 1.807) is 11.3 Å². The van der Waals surface area contributed by atoms with E-state index in [0.29, 0.717) is 38.0 Å². The number of nitrogens with two attached hydrogens (primary N) is 1. The van der Waals surface area contributed by atoms with Crippen molar-refractivity contribution in [2.45, 2.75) is 57.8 Å². The molecule has 0 bridgehead atoms. The number of amides is 1. The van der Waals surface area contributed by atoms with Crippen LogP contribution in [-0.4, -0.2) is 29.4 Å². The Kier molecular flexibility index (Phi) is 8.65. The Hall–Kier alpha value is -2.61. The summed E-state index contributed by atoms with van der Waals surface area (Å²) in [5, 5.41) is 5.56. The highest BCUT2D eigenvalue weighted by atomic mass is 32.1. The predicted octanol–water partition coefficient (Wildman–Crippen LogP) is 5.06. The number of halogens is 2. The van der Waals surface area contributed by atoms with Gasteiger partial charge in [-0.3, -0.25) is 4.79 Å². The van der Waals surface area contributed by atoms with Crippen LogP contribution in [0.2, 0.25) is 0 Å². The first kappa shape index (κ1) is 25.5. The lowest BCUT2D eigenvalue weighted by atomic mass is 9.86. The monoisotopic (exact) mass is 497 g/mol. The molecular formula is C28H33F2N3OS. The van der Waals surface area contributed by atoms with Crippen molar-refractivity contribution in [1.29, 1.82) is 0 Å². The summed E-state index contributed by atoms with van der Waals surface area (Å²) in [7, 11) is 0. The summed E-state index contributed by atoms with van der Waals surface area (Å²) in [4.78, 5) is 15.9. The van der Waals surface area contributed by atoms with Gasteiger partial charge in [-0.2, -0.15) is 0 Å². The average molecular weight is 498 g/mol. The van der Waals surface area contributed by atoms with Crippen LogP contribution in [0.15, 0.2) is 60.0 Å². The number of carbonyl (C=O) groups excluding carboxylic acids is 1. The molecular weight excluding hydrogens is 464 g/mol. The van der Waals surface area contributed by atoms with Crippen LogP contribution in [0.1, 0.15) is 41.3 Å². The fourth-order valence-corrected chi connectivity index (χ4v) is 5.75. The molecule has 1 saturated heterocycles. The van der Waals surface area contributed by atoms with Crippen molar-refractivity contribution in [2.24, 2.45) is 11.7 Å². The van der Waals surface area contributed by atoms with E-state index in [9.17, 15) is 13.6 Å². The molecule has 1 fully saturated rings. The first-order chi connectivity index (χ1) is 16.9. The number of rotatable bonds is 11. The zero-order valence-corrected chi connectivity index (χ0v) is 20.9. The maximum absolute atomic E-state index is 13.8. The van der Waals surface area contributed by atoms with E-state index in [1.165, 1.54) is 23.3 Å². The molecule has 0 aliphatic carbocycles. The summed E-state index contributed by atoms with van der Waals surface area (Å²) in [5.74, 6) is -1.14. The molecule has 0 saturated carbocycles. The van der Waals surface area contributed by atoms with Gasteiger partial charge in [0.25, 0.3) is 0 Å². The molecule has 0 spiro atoms. The topological polar surface area (TPSA) is 58.4 Å². The molecule has 0 radical (unpaired) electrons. The summed E-state index contributed by atoms with van der Waals surface area (Å²) in [6.45, 7) is 4.00. The lowest BCUT2D eigenvalue weighted by molar-refractivity contribution is -0.130. The van der Waals surface area contributed by atoms with E-state index in [-0.39, 0.29) is 23.9 Å². The summed E-state index contributed by atoms with van der Waals surface area (Å²) in [5.41, 5.74) is 9.73. The Morgan fingerprint density at radius 2 is 1.86 bits per heavy atom. The number of nitrogens with zero attached hydrogens (tertiary/aromatic N) is 1. The smallest absolute Gasteiger partial charge is 0.223 e. The Balaban J connectivity index is 1.52. The maximum atomic E-state index is 13.8. The van der Waals surface area contributed by atoms with Gasteiger partial charge in [0.2, 0.25) is 5.91 Å². The third-order valence-electron chi connectivity index (χ3n) is 6.83. The van der Waals surface area contributed by atoms with Crippen molar-refractivity contribution in [3.05, 3.63) is 93.2 Å². The van der Waals surface area contributed by atoms with Crippen LogP contribution >= 0.6 is 11.3 Å². The second kappa shape index (κ2) is 11.9. The van der Waals surface area contributed by atoms with E-state index in [4.69, 9.17) is 5.73 Å². The van der Waals surface area contributed by atoms with Crippen LogP contribution in [-0.2, 0) is 30.7 Å². The molecule has 7 heteroatoms. The summed E-state index contributed by atoms with van der Waals surface area (Å²) in [6, 6.07) is 15.7. The fraction of sp³-hybridized carbons (Fsp3) is 0.393. The van der Waals surface area contributed by atoms with Gasteiger partial charge in [-0.25, -0.2) is 8.78 Å². The van der Waals surface area contributed by atoms with Crippen LogP contribution in [0, 0.1) is 17.6 Å². The number of hydrogen-bond donors (Lipinski definition) is 2. The van der Waals surface area contributed by atoms with Gasteiger partial charge >= 0.3 is 0 Å². The van der Waals surface area contributed by atoms with Crippen molar-refractivity contribution in [3.8, 4) is 0 Å². The van der Waals surface area contributed by atoms with E-state index < -0.39 is 11.6 Å². The van der Waals surface area contributed by atoms with Crippen LogP contribution in [0.4, 0.5) is 8.78 Å². The van der Waals surface area contributed by atoms with Gasteiger partial charge in [0.15, 0.2) is 0 Å². The highest BCUT2D eigenvalue weighted by molar-refractivity contribution is 7.09. The normalized spacial score (nSPS) is 17.7. The first-order valence-electron chi connectivity index (χ1n) is 12.2. The minimum absolute atomic E-state index is 0.0347. The summed E-state index contributed by atoms with van der Waals surface area (Å²) in [6.07, 6.45) is 2.54. The first-order valence-corrected chi connectivity index (χ1v) is 13.1. The molecule has 4 nitrogen and oxygen atoms in total. The van der Waals surface area contributed by atoms with Gasteiger partial charge < -0.3 is 16.0 Å². The van der Waals surface area contributed by atoms with Crippen LogP contribution in [0.5, 0.6) is 0 Å². The van der Waals surface area contributed by atoms with Gasteiger partial charge in [-0.05, 0) is 59.5 Å². The van der Waals surface area contributed by atoms with Crippen LogP contribution < -0.4 is 11.1 Å². The zero-order valence-electron chi connectivity index (χ0n) is 20.1. The molecule has 2 unspecified atom stereocenters. The second-order valence-corrected chi connectivity index (χ2v) is 10.4. The Morgan fingerprint density at radius 1 is 1.09 bits per heavy atom. The van der Waals surface area contributed by atoms with Gasteiger partial charge in [0.1, 0.15) is 11.6 Å².